The normalized spacial score (nSPS) is 13.0. The second kappa shape index (κ2) is 13.8. The van der Waals surface area contributed by atoms with Crippen LogP contribution in [0.2, 0.25) is 0 Å². The van der Waals surface area contributed by atoms with Crippen molar-refractivity contribution in [2.45, 2.75) is 77.5 Å². The van der Waals surface area contributed by atoms with Gasteiger partial charge in [-0.25, -0.2) is 17.0 Å². The number of halogens is 1. The average Bonchev–Trinajstić information content (AvgIpc) is 2.24. The van der Waals surface area contributed by atoms with Gasteiger partial charge in [0.25, 0.3) is 0 Å². The Morgan fingerprint density at radius 1 is 1.00 bits per heavy atom. The van der Waals surface area contributed by atoms with Gasteiger partial charge in [0, 0.05) is 6.42 Å². The molecule has 0 bridgehead atoms. The van der Waals surface area contributed by atoms with Gasteiger partial charge in [-0.05, 0) is 6.42 Å². The minimum absolute atomic E-state index is 0. The number of alkyl halides is 1. The Kier molecular flexibility index (Phi) is 16.0. The van der Waals surface area contributed by atoms with E-state index in [-0.39, 0.29) is 36.0 Å². The van der Waals surface area contributed by atoms with E-state index in [4.69, 9.17) is 0 Å². The first kappa shape index (κ1) is 22.1. The van der Waals surface area contributed by atoms with E-state index in [2.05, 4.69) is 11.1 Å². The average molecular weight is 306 g/mol. The summed E-state index contributed by atoms with van der Waals surface area (Å²) >= 11 is 0. The first-order chi connectivity index (χ1) is 8.45. The van der Waals surface area contributed by atoms with Gasteiger partial charge in [-0.2, -0.15) is 0 Å². The molecule has 0 aromatic heterocycles. The molecule has 0 spiro atoms. The van der Waals surface area contributed by atoms with Crippen LogP contribution in [-0.2, 0) is 14.6 Å². The molecular weight excluding hydrogens is 282 g/mol. The van der Waals surface area contributed by atoms with Crippen molar-refractivity contribution >= 4 is 10.4 Å². The molecule has 0 heterocycles. The van der Waals surface area contributed by atoms with Crippen molar-refractivity contribution in [1.29, 1.82) is 0 Å². The Morgan fingerprint density at radius 2 is 1.42 bits per heavy atom. The Hall–Kier alpha value is 0.800. The minimum atomic E-state index is -4.91. The molecule has 7 heteroatoms. The molecule has 0 aliphatic carbocycles. The fourth-order valence-electron chi connectivity index (χ4n) is 1.79. The second-order valence-electron chi connectivity index (χ2n) is 4.53. The Morgan fingerprint density at radius 3 is 1.84 bits per heavy atom. The molecule has 0 saturated carbocycles. The fraction of sp³-hybridized carbons (Fsp3) is 1.00. The topological polar surface area (TPSA) is 66.4 Å². The van der Waals surface area contributed by atoms with Crippen molar-refractivity contribution in [2.24, 2.45) is 0 Å². The predicted octanol–water partition coefficient (Wildman–Crippen LogP) is 0.684. The minimum Gasteiger partial charge on any atom is -0.725 e. The van der Waals surface area contributed by atoms with Gasteiger partial charge in [0.05, 0.1) is 0 Å². The molecule has 0 aromatic carbocycles. The molecule has 110 valence electrons. The summed E-state index contributed by atoms with van der Waals surface area (Å²) in [6, 6.07) is 0. The van der Waals surface area contributed by atoms with Gasteiger partial charge in [-0.1, -0.05) is 58.3 Å². The molecule has 1 atom stereocenters. The van der Waals surface area contributed by atoms with E-state index in [9.17, 15) is 17.4 Å². The van der Waals surface area contributed by atoms with Gasteiger partial charge in [-0.3, -0.25) is 0 Å². The summed E-state index contributed by atoms with van der Waals surface area (Å²) in [5.74, 6) is 0. The molecule has 0 saturated heterocycles. The monoisotopic (exact) mass is 306 g/mol. The first-order valence-corrected chi connectivity index (χ1v) is 8.07. The molecule has 0 fully saturated rings. The van der Waals surface area contributed by atoms with Crippen LogP contribution in [-0.4, -0.2) is 19.3 Å². The van der Waals surface area contributed by atoms with Gasteiger partial charge in [0.1, 0.15) is 0 Å². The number of hydrogen-bond acceptors (Lipinski definition) is 4. The molecule has 4 nitrogen and oxygen atoms in total. The van der Waals surface area contributed by atoms with E-state index in [1.807, 2.05) is 0 Å². The third kappa shape index (κ3) is 18.8. The van der Waals surface area contributed by atoms with Crippen LogP contribution < -0.4 is 29.6 Å². The van der Waals surface area contributed by atoms with Crippen LogP contribution in [0.1, 0.15) is 71.1 Å². The van der Waals surface area contributed by atoms with Crippen molar-refractivity contribution in [3.63, 3.8) is 0 Å². The zero-order chi connectivity index (χ0) is 13.9. The third-order valence-electron chi connectivity index (χ3n) is 2.76. The number of hydrogen-bond donors (Lipinski definition) is 0. The maximum atomic E-state index is 12.8. The van der Waals surface area contributed by atoms with E-state index in [1.165, 1.54) is 32.1 Å². The van der Waals surface area contributed by atoms with E-state index < -0.39 is 16.8 Å². The summed E-state index contributed by atoms with van der Waals surface area (Å²) in [5, 5.41) is 0. The largest absolute Gasteiger partial charge is 1.00 e. The predicted molar refractivity (Wildman–Crippen MR) is 67.5 cm³/mol. The molecule has 0 N–H and O–H groups in total. The Labute approximate surface area is 138 Å². The molecule has 1 unspecified atom stereocenters. The summed E-state index contributed by atoms with van der Waals surface area (Å²) < 4.78 is 46.7. The Balaban J connectivity index is 0. The van der Waals surface area contributed by atoms with Crippen LogP contribution in [0.15, 0.2) is 0 Å². The Bertz CT molecular complexity index is 285. The van der Waals surface area contributed by atoms with Crippen LogP contribution in [0.5, 0.6) is 0 Å². The van der Waals surface area contributed by atoms with Crippen molar-refractivity contribution in [1.82, 2.24) is 0 Å². The van der Waals surface area contributed by atoms with Crippen molar-refractivity contribution in [3.05, 3.63) is 0 Å². The summed E-state index contributed by atoms with van der Waals surface area (Å²) in [7, 11) is -4.91. The third-order valence-corrected chi connectivity index (χ3v) is 3.20. The van der Waals surface area contributed by atoms with E-state index >= 15 is 0 Å². The number of unbranched alkanes of at least 4 members (excludes halogenated alkanes) is 8. The molecule has 0 radical (unpaired) electrons. The van der Waals surface area contributed by atoms with Gasteiger partial charge >= 0.3 is 29.6 Å². The summed E-state index contributed by atoms with van der Waals surface area (Å²) in [5.41, 5.74) is 0. The van der Waals surface area contributed by atoms with Crippen LogP contribution in [0, 0.1) is 0 Å². The number of rotatable bonds is 12. The van der Waals surface area contributed by atoms with Gasteiger partial charge in [-0.15, -0.1) is 0 Å². The van der Waals surface area contributed by atoms with Crippen molar-refractivity contribution < 1.29 is 51.1 Å². The van der Waals surface area contributed by atoms with Gasteiger partial charge in [0.2, 0.25) is 16.8 Å². The summed E-state index contributed by atoms with van der Waals surface area (Å²) in [6.45, 7) is 2.18. The molecule has 0 aliphatic rings. The maximum Gasteiger partial charge on any atom is 1.00 e. The maximum absolute atomic E-state index is 12.8. The van der Waals surface area contributed by atoms with E-state index in [1.54, 1.807) is 0 Å². The fourth-order valence-corrected chi connectivity index (χ4v) is 2.14. The van der Waals surface area contributed by atoms with Crippen LogP contribution in [0.25, 0.3) is 0 Å². The molecule has 19 heavy (non-hydrogen) atoms. The van der Waals surface area contributed by atoms with Crippen LogP contribution in [0.4, 0.5) is 4.39 Å². The SMILES string of the molecule is CCCCCCCCCCCC(F)OS(=O)(=O)[O-].[Na+]. The molecule has 0 aromatic rings. The summed E-state index contributed by atoms with van der Waals surface area (Å²) in [4.78, 5) is 0. The molecule has 0 amide bonds. The van der Waals surface area contributed by atoms with Gasteiger partial charge in [0.15, 0.2) is 0 Å². The molecular formula is C12H24FNaO4S. The van der Waals surface area contributed by atoms with Crippen molar-refractivity contribution in [2.75, 3.05) is 0 Å². The first-order valence-electron chi connectivity index (χ1n) is 6.74. The zero-order valence-corrected chi connectivity index (χ0v) is 14.9. The van der Waals surface area contributed by atoms with Crippen LogP contribution >= 0.6 is 0 Å². The quantitative estimate of drug-likeness (QED) is 0.230. The van der Waals surface area contributed by atoms with E-state index in [0.29, 0.717) is 6.42 Å². The second-order valence-corrected chi connectivity index (χ2v) is 5.54. The van der Waals surface area contributed by atoms with Crippen LogP contribution in [0.3, 0.4) is 0 Å². The standard InChI is InChI=1S/C12H25FO4S.Na/c1-2-3-4-5-6-7-8-9-10-11-12(13)17-18(14,15)16;/h12H,2-11H2,1H3,(H,14,15,16);/q;+1/p-1. The molecule has 0 rings (SSSR count). The smallest absolute Gasteiger partial charge is 0.725 e. The van der Waals surface area contributed by atoms with Gasteiger partial charge < -0.3 is 4.55 Å². The molecule has 0 aliphatic heterocycles. The zero-order valence-electron chi connectivity index (χ0n) is 12.1. The summed E-state index contributed by atoms with van der Waals surface area (Å²) in [6.07, 6.45) is 7.76. The van der Waals surface area contributed by atoms with E-state index in [0.717, 1.165) is 19.3 Å². The van der Waals surface area contributed by atoms with Crippen molar-refractivity contribution in [3.8, 4) is 0 Å².